The van der Waals surface area contributed by atoms with Crippen molar-refractivity contribution in [3.05, 3.63) is 0 Å². The minimum atomic E-state index is -0.438. The summed E-state index contributed by atoms with van der Waals surface area (Å²) in [5.74, 6) is 1.44. The predicted octanol–water partition coefficient (Wildman–Crippen LogP) is 4.43. The molecule has 0 amide bonds. The molecule has 0 spiro atoms. The van der Waals surface area contributed by atoms with Crippen molar-refractivity contribution in [2.75, 3.05) is 13.1 Å². The molecule has 1 aliphatic heterocycles. The van der Waals surface area contributed by atoms with E-state index in [4.69, 9.17) is 1.37 Å². The maximum Gasteiger partial charge on any atom is 0.0461 e. The average Bonchev–Trinajstić information content (AvgIpc) is 2.12. The second-order valence-electron chi connectivity index (χ2n) is 8.13. The van der Waals surface area contributed by atoms with Gasteiger partial charge >= 0.3 is 0 Å². The Morgan fingerprint density at radius 3 is 1.82 bits per heavy atom. The zero-order chi connectivity index (χ0) is 14.4. The Bertz CT molecular complexity index is 277. The summed E-state index contributed by atoms with van der Waals surface area (Å²) in [5, 5.41) is 0. The highest BCUT2D eigenvalue weighted by molar-refractivity contribution is 4.93. The molecule has 102 valence electrons. The first-order valence-electron chi connectivity index (χ1n) is 7.58. The zero-order valence-corrected chi connectivity index (χ0v) is 13.2. The molecule has 0 N–H and O–H groups in total. The van der Waals surface area contributed by atoms with Crippen molar-refractivity contribution >= 4 is 0 Å². The summed E-state index contributed by atoms with van der Waals surface area (Å²) in [7, 11) is 0. The van der Waals surface area contributed by atoms with E-state index in [1.54, 1.807) is 0 Å². The lowest BCUT2D eigenvalue weighted by Crippen LogP contribution is -2.51. The molecule has 2 unspecified atom stereocenters. The van der Waals surface area contributed by atoms with Crippen LogP contribution < -0.4 is 0 Å². The van der Waals surface area contributed by atoms with Gasteiger partial charge in [-0.3, -0.25) is 0 Å². The molecule has 0 saturated carbocycles. The number of hydrogen-bond donors (Lipinski definition) is 0. The third-order valence-electron chi connectivity index (χ3n) is 4.47. The topological polar surface area (TPSA) is 3.24 Å². The third kappa shape index (κ3) is 3.71. The Labute approximate surface area is 110 Å². The molecule has 1 rings (SSSR count). The van der Waals surface area contributed by atoms with E-state index in [0.717, 1.165) is 19.0 Å². The molecule has 2 atom stereocenters. The van der Waals surface area contributed by atoms with E-state index < -0.39 is 6.02 Å². The summed E-state index contributed by atoms with van der Waals surface area (Å²) >= 11 is 0. The van der Waals surface area contributed by atoms with Crippen LogP contribution in [0.5, 0.6) is 0 Å². The highest BCUT2D eigenvalue weighted by atomic mass is 15.2. The molecule has 1 heteroatoms. The minimum absolute atomic E-state index is 0.321. The average molecular weight is 241 g/mol. The minimum Gasteiger partial charge on any atom is -0.301 e. The molecule has 1 heterocycles. The SMILES string of the molecule is [3H]C(C)(C)N1CCC(C(C)(C)C)C(C(C)(C)C)C1. The first-order chi connectivity index (χ1) is 7.83. The van der Waals surface area contributed by atoms with Gasteiger partial charge in [-0.05, 0) is 49.5 Å². The second kappa shape index (κ2) is 4.91. The van der Waals surface area contributed by atoms with E-state index >= 15 is 0 Å². The Morgan fingerprint density at radius 2 is 1.47 bits per heavy atom. The molecule has 1 nitrogen and oxygen atoms in total. The third-order valence-corrected chi connectivity index (χ3v) is 4.47. The molecule has 0 aliphatic carbocycles. The van der Waals surface area contributed by atoms with Crippen molar-refractivity contribution in [2.24, 2.45) is 22.7 Å². The van der Waals surface area contributed by atoms with Gasteiger partial charge in [0.2, 0.25) is 0 Å². The number of piperidine rings is 1. The lowest BCUT2D eigenvalue weighted by molar-refractivity contribution is -0.0172. The fraction of sp³-hybridized carbons (Fsp3) is 1.00. The van der Waals surface area contributed by atoms with E-state index in [1.165, 1.54) is 6.42 Å². The fourth-order valence-corrected chi connectivity index (χ4v) is 3.27. The van der Waals surface area contributed by atoms with Gasteiger partial charge in [0.1, 0.15) is 0 Å². The Morgan fingerprint density at radius 1 is 1.00 bits per heavy atom. The smallest absolute Gasteiger partial charge is 0.0461 e. The lowest BCUT2D eigenvalue weighted by Gasteiger charge is -2.50. The molecule has 0 aromatic carbocycles. The fourth-order valence-electron chi connectivity index (χ4n) is 3.27. The van der Waals surface area contributed by atoms with Gasteiger partial charge in [0, 0.05) is 13.9 Å². The van der Waals surface area contributed by atoms with Crippen LogP contribution in [-0.2, 0) is 0 Å². The predicted molar refractivity (Wildman–Crippen MR) is 77.2 cm³/mol. The Kier molecular flexibility index (Phi) is 3.87. The second-order valence-corrected chi connectivity index (χ2v) is 8.13. The summed E-state index contributed by atoms with van der Waals surface area (Å²) < 4.78 is 8.27. The summed E-state index contributed by atoms with van der Waals surface area (Å²) in [6, 6.07) is -0.438. The summed E-state index contributed by atoms with van der Waals surface area (Å²) in [6.45, 7) is 20.4. The molecular formula is C16H33N. The summed E-state index contributed by atoms with van der Waals surface area (Å²) in [4.78, 5) is 2.35. The van der Waals surface area contributed by atoms with Gasteiger partial charge in [0.15, 0.2) is 0 Å². The molecule has 1 aliphatic rings. The molecular weight excluding hydrogens is 206 g/mol. The standard InChI is InChI=1S/C16H33N/c1-12(2)17-10-9-13(15(3,4)5)14(11-17)16(6,7)8/h12-14H,9-11H2,1-8H3/i12T. The quantitative estimate of drug-likeness (QED) is 0.656. The molecule has 1 saturated heterocycles. The van der Waals surface area contributed by atoms with Crippen molar-refractivity contribution < 1.29 is 1.37 Å². The molecule has 0 aromatic rings. The Balaban J connectivity index is 2.94. The normalized spacial score (nSPS) is 30.2. The van der Waals surface area contributed by atoms with Crippen LogP contribution in [0, 0.1) is 22.7 Å². The number of nitrogens with zero attached hydrogens (tertiary/aromatic N) is 1. The van der Waals surface area contributed by atoms with Gasteiger partial charge in [0.25, 0.3) is 0 Å². The molecule has 0 aromatic heterocycles. The van der Waals surface area contributed by atoms with Crippen molar-refractivity contribution in [2.45, 2.75) is 67.8 Å². The van der Waals surface area contributed by atoms with Crippen molar-refractivity contribution in [1.82, 2.24) is 4.90 Å². The summed E-state index contributed by atoms with van der Waals surface area (Å²) in [5.41, 5.74) is 0.693. The van der Waals surface area contributed by atoms with Gasteiger partial charge in [-0.2, -0.15) is 0 Å². The van der Waals surface area contributed by atoms with Crippen LogP contribution in [0.3, 0.4) is 0 Å². The van der Waals surface area contributed by atoms with Gasteiger partial charge < -0.3 is 4.90 Å². The first kappa shape index (κ1) is 13.4. The van der Waals surface area contributed by atoms with Crippen LogP contribution in [0.25, 0.3) is 0 Å². The van der Waals surface area contributed by atoms with Gasteiger partial charge in [-0.25, -0.2) is 0 Å². The van der Waals surface area contributed by atoms with Crippen molar-refractivity contribution in [1.29, 1.82) is 0 Å². The number of rotatable bonds is 1. The molecule has 0 radical (unpaired) electrons. The maximum absolute atomic E-state index is 8.27. The summed E-state index contributed by atoms with van der Waals surface area (Å²) in [6.07, 6.45) is 1.23. The number of likely N-dealkylation sites (tertiary alicyclic amines) is 1. The van der Waals surface area contributed by atoms with Crippen molar-refractivity contribution in [3.8, 4) is 0 Å². The van der Waals surface area contributed by atoms with E-state index in [2.05, 4.69) is 46.4 Å². The highest BCUT2D eigenvalue weighted by Gasteiger charge is 2.42. The molecule has 17 heavy (non-hydrogen) atoms. The molecule has 1 fully saturated rings. The highest BCUT2D eigenvalue weighted by Crippen LogP contribution is 2.45. The monoisotopic (exact) mass is 241 g/mol. The van der Waals surface area contributed by atoms with Gasteiger partial charge in [-0.1, -0.05) is 41.5 Å². The van der Waals surface area contributed by atoms with Gasteiger partial charge in [-0.15, -0.1) is 0 Å². The van der Waals surface area contributed by atoms with E-state index in [-0.39, 0.29) is 0 Å². The Hall–Kier alpha value is -0.0400. The van der Waals surface area contributed by atoms with Crippen LogP contribution >= 0.6 is 0 Å². The number of hydrogen-bond acceptors (Lipinski definition) is 1. The van der Waals surface area contributed by atoms with Crippen LogP contribution in [0.4, 0.5) is 0 Å². The lowest BCUT2D eigenvalue weighted by atomic mass is 9.61. The zero-order valence-electron chi connectivity index (χ0n) is 14.2. The molecule has 0 bridgehead atoms. The van der Waals surface area contributed by atoms with E-state index in [0.29, 0.717) is 16.7 Å². The van der Waals surface area contributed by atoms with E-state index in [1.807, 2.05) is 13.8 Å². The van der Waals surface area contributed by atoms with Gasteiger partial charge in [0.05, 0.1) is 0 Å². The van der Waals surface area contributed by atoms with Crippen molar-refractivity contribution in [3.63, 3.8) is 0 Å². The maximum atomic E-state index is 8.27. The largest absolute Gasteiger partial charge is 0.301 e. The van der Waals surface area contributed by atoms with Crippen LogP contribution in [-0.4, -0.2) is 24.0 Å². The van der Waals surface area contributed by atoms with Crippen LogP contribution in [0.15, 0.2) is 0 Å². The van der Waals surface area contributed by atoms with E-state index in [9.17, 15) is 0 Å². The first-order valence-corrected chi connectivity index (χ1v) is 7.08. The van der Waals surface area contributed by atoms with Crippen LogP contribution in [0.1, 0.15) is 63.2 Å². The van der Waals surface area contributed by atoms with Crippen LogP contribution in [0.2, 0.25) is 0 Å².